The van der Waals surface area contributed by atoms with Crippen LogP contribution in [0.3, 0.4) is 0 Å². The van der Waals surface area contributed by atoms with Gasteiger partial charge in [0.05, 0.1) is 4.90 Å². The predicted octanol–water partition coefficient (Wildman–Crippen LogP) is 3.96. The lowest BCUT2D eigenvalue weighted by Gasteiger charge is -2.32. The van der Waals surface area contributed by atoms with E-state index in [1.54, 1.807) is 27.0 Å². The number of fused-ring (bicyclic) bond motifs is 1. The number of rotatable bonds is 6. The van der Waals surface area contributed by atoms with Gasteiger partial charge in [0.1, 0.15) is 0 Å². The lowest BCUT2D eigenvalue weighted by Crippen LogP contribution is -2.43. The van der Waals surface area contributed by atoms with Crippen LogP contribution < -0.4 is 0 Å². The lowest BCUT2D eigenvalue weighted by atomic mass is 9.96. The van der Waals surface area contributed by atoms with Crippen molar-refractivity contribution >= 4 is 27.7 Å². The number of hydrogen-bond acceptors (Lipinski definition) is 4. The van der Waals surface area contributed by atoms with Crippen LogP contribution in [0.1, 0.15) is 36.0 Å². The van der Waals surface area contributed by atoms with Gasteiger partial charge in [-0.1, -0.05) is 18.2 Å². The fourth-order valence-corrected chi connectivity index (χ4v) is 6.52. The van der Waals surface area contributed by atoms with Gasteiger partial charge < -0.3 is 4.90 Å². The van der Waals surface area contributed by atoms with Crippen LogP contribution >= 0.6 is 11.8 Å². The van der Waals surface area contributed by atoms with E-state index >= 15 is 0 Å². The molecule has 2 aliphatic rings. The summed E-state index contributed by atoms with van der Waals surface area (Å²) in [5.74, 6) is -0.0227. The Morgan fingerprint density at radius 3 is 2.42 bits per heavy atom. The van der Waals surface area contributed by atoms with Gasteiger partial charge in [0.2, 0.25) is 15.9 Å². The Bertz CT molecular complexity index is 1040. The highest BCUT2D eigenvalue weighted by molar-refractivity contribution is 7.98. The summed E-state index contributed by atoms with van der Waals surface area (Å²) >= 11 is 1.70. The van der Waals surface area contributed by atoms with Crippen LogP contribution in [0.15, 0.2) is 52.3 Å². The predicted molar refractivity (Wildman–Crippen MR) is 125 cm³/mol. The van der Waals surface area contributed by atoms with Crippen molar-refractivity contribution in [1.82, 2.24) is 9.21 Å². The van der Waals surface area contributed by atoms with Crippen LogP contribution in [-0.2, 0) is 34.2 Å². The fourth-order valence-electron chi connectivity index (χ4n) is 4.60. The number of piperidine rings is 1. The largest absolute Gasteiger partial charge is 0.341 e. The highest BCUT2D eigenvalue weighted by Gasteiger charge is 2.33. The van der Waals surface area contributed by atoms with Gasteiger partial charge in [0, 0.05) is 37.5 Å². The lowest BCUT2D eigenvalue weighted by molar-refractivity contribution is -0.135. The van der Waals surface area contributed by atoms with Gasteiger partial charge in [-0.05, 0) is 79.3 Å². The second kappa shape index (κ2) is 9.35. The van der Waals surface area contributed by atoms with Gasteiger partial charge >= 0.3 is 0 Å². The van der Waals surface area contributed by atoms with Crippen molar-refractivity contribution in [3.8, 4) is 0 Å². The topological polar surface area (TPSA) is 57.7 Å². The fraction of sp³-hybridized carbons (Fsp3) is 0.458. The van der Waals surface area contributed by atoms with Crippen molar-refractivity contribution in [3.05, 3.63) is 59.2 Å². The standard InChI is InChI=1S/C24H30N2O3S2/c1-25(17-18-6-9-22(30-2)10-7-18)24(27)20-12-14-26(15-13-20)31(28,29)23-11-8-19-4-3-5-21(19)16-23/h6-11,16,20H,3-5,12-15,17H2,1-2H3. The first-order chi connectivity index (χ1) is 14.9. The average Bonchev–Trinajstić information content (AvgIpc) is 3.27. The van der Waals surface area contributed by atoms with E-state index in [1.165, 1.54) is 16.0 Å². The number of carbonyl (C=O) groups excluding carboxylic acids is 1. The second-order valence-electron chi connectivity index (χ2n) is 8.50. The second-order valence-corrected chi connectivity index (χ2v) is 11.3. The Labute approximate surface area is 189 Å². The number of hydrogen-bond donors (Lipinski definition) is 0. The SMILES string of the molecule is CSc1ccc(CN(C)C(=O)C2CCN(S(=O)(=O)c3ccc4c(c3)CCC4)CC2)cc1. The Morgan fingerprint density at radius 1 is 1.06 bits per heavy atom. The zero-order valence-electron chi connectivity index (χ0n) is 18.2. The molecule has 1 heterocycles. The van der Waals surface area contributed by atoms with Crippen molar-refractivity contribution in [3.63, 3.8) is 0 Å². The number of benzene rings is 2. The molecule has 1 fully saturated rings. The van der Waals surface area contributed by atoms with E-state index in [2.05, 4.69) is 24.3 Å². The monoisotopic (exact) mass is 458 g/mol. The summed E-state index contributed by atoms with van der Waals surface area (Å²) in [5, 5.41) is 0. The van der Waals surface area contributed by atoms with Gasteiger partial charge in [0.15, 0.2) is 0 Å². The Kier molecular flexibility index (Phi) is 6.74. The molecule has 31 heavy (non-hydrogen) atoms. The summed E-state index contributed by atoms with van der Waals surface area (Å²) in [4.78, 5) is 16.3. The minimum atomic E-state index is -3.50. The molecule has 4 rings (SSSR count). The maximum absolute atomic E-state index is 13.1. The molecule has 0 radical (unpaired) electrons. The van der Waals surface area contributed by atoms with Crippen LogP contribution in [0.4, 0.5) is 0 Å². The number of sulfonamides is 1. The summed E-state index contributed by atoms with van der Waals surface area (Å²) in [6.07, 6.45) is 6.28. The normalized spacial score (nSPS) is 17.5. The smallest absolute Gasteiger partial charge is 0.243 e. The quantitative estimate of drug-likeness (QED) is 0.615. The van der Waals surface area contributed by atoms with Gasteiger partial charge in [-0.2, -0.15) is 4.31 Å². The third-order valence-corrected chi connectivity index (χ3v) is 9.10. The minimum Gasteiger partial charge on any atom is -0.341 e. The van der Waals surface area contributed by atoms with Crippen LogP contribution in [0.5, 0.6) is 0 Å². The molecule has 0 unspecified atom stereocenters. The molecule has 1 aliphatic carbocycles. The van der Waals surface area contributed by atoms with Crippen LogP contribution in [0, 0.1) is 5.92 Å². The molecular formula is C24H30N2O3S2. The minimum absolute atomic E-state index is 0.100. The first kappa shape index (κ1) is 22.4. The number of amides is 1. The molecule has 0 N–H and O–H groups in total. The third kappa shape index (κ3) is 4.83. The Hall–Kier alpha value is -1.83. The highest BCUT2D eigenvalue weighted by Crippen LogP contribution is 2.29. The molecule has 0 aromatic heterocycles. The molecule has 1 aliphatic heterocycles. The molecule has 2 aromatic rings. The first-order valence-corrected chi connectivity index (χ1v) is 13.5. The molecule has 0 saturated carbocycles. The first-order valence-electron chi connectivity index (χ1n) is 10.9. The summed E-state index contributed by atoms with van der Waals surface area (Å²) in [7, 11) is -1.67. The number of thioether (sulfide) groups is 1. The van der Waals surface area contributed by atoms with Crippen LogP contribution in [-0.4, -0.2) is 49.9 Å². The van der Waals surface area contributed by atoms with E-state index in [4.69, 9.17) is 0 Å². The zero-order valence-corrected chi connectivity index (χ0v) is 19.8. The van der Waals surface area contributed by atoms with Gasteiger partial charge in [-0.25, -0.2) is 8.42 Å². The molecule has 0 atom stereocenters. The van der Waals surface area contributed by atoms with E-state index in [1.807, 2.05) is 25.4 Å². The molecule has 166 valence electrons. The molecule has 5 nitrogen and oxygen atoms in total. The van der Waals surface area contributed by atoms with Crippen molar-refractivity contribution in [2.24, 2.45) is 5.92 Å². The maximum Gasteiger partial charge on any atom is 0.243 e. The van der Waals surface area contributed by atoms with E-state index in [9.17, 15) is 13.2 Å². The van der Waals surface area contributed by atoms with E-state index in [0.717, 1.165) is 24.8 Å². The summed E-state index contributed by atoms with van der Waals surface area (Å²) in [5.41, 5.74) is 3.54. The maximum atomic E-state index is 13.1. The number of aryl methyl sites for hydroxylation is 2. The zero-order chi connectivity index (χ0) is 22.0. The Morgan fingerprint density at radius 2 is 1.74 bits per heavy atom. The van der Waals surface area contributed by atoms with E-state index in [0.29, 0.717) is 37.4 Å². The van der Waals surface area contributed by atoms with Crippen molar-refractivity contribution < 1.29 is 13.2 Å². The van der Waals surface area contributed by atoms with Crippen LogP contribution in [0.25, 0.3) is 0 Å². The van der Waals surface area contributed by atoms with Crippen LogP contribution in [0.2, 0.25) is 0 Å². The number of carbonyl (C=O) groups is 1. The molecule has 1 saturated heterocycles. The molecular weight excluding hydrogens is 428 g/mol. The Balaban J connectivity index is 1.35. The molecule has 0 bridgehead atoms. The molecule has 1 amide bonds. The molecule has 2 aromatic carbocycles. The van der Waals surface area contributed by atoms with Gasteiger partial charge in [-0.3, -0.25) is 4.79 Å². The summed E-state index contributed by atoms with van der Waals surface area (Å²) in [6, 6.07) is 13.8. The number of nitrogens with zero attached hydrogens (tertiary/aromatic N) is 2. The molecule has 0 spiro atoms. The molecule has 7 heteroatoms. The summed E-state index contributed by atoms with van der Waals surface area (Å²) in [6.45, 7) is 1.36. The van der Waals surface area contributed by atoms with E-state index in [-0.39, 0.29) is 11.8 Å². The van der Waals surface area contributed by atoms with Crippen molar-refractivity contribution in [2.45, 2.75) is 48.4 Å². The average molecular weight is 459 g/mol. The third-order valence-electron chi connectivity index (χ3n) is 6.47. The van der Waals surface area contributed by atoms with Crippen molar-refractivity contribution in [1.29, 1.82) is 0 Å². The van der Waals surface area contributed by atoms with E-state index < -0.39 is 10.0 Å². The van der Waals surface area contributed by atoms with Crippen molar-refractivity contribution in [2.75, 3.05) is 26.4 Å². The van der Waals surface area contributed by atoms with Gasteiger partial charge in [0.25, 0.3) is 0 Å². The summed E-state index contributed by atoms with van der Waals surface area (Å²) < 4.78 is 27.8. The highest BCUT2D eigenvalue weighted by atomic mass is 32.2. The van der Waals surface area contributed by atoms with Gasteiger partial charge in [-0.15, -0.1) is 11.8 Å².